The Morgan fingerprint density at radius 3 is 3.00 bits per heavy atom. The van der Waals surface area contributed by atoms with E-state index in [2.05, 4.69) is 10.2 Å². The van der Waals surface area contributed by atoms with Crippen LogP contribution in [-0.4, -0.2) is 31.4 Å². The van der Waals surface area contributed by atoms with Crippen molar-refractivity contribution in [2.24, 2.45) is 0 Å². The smallest absolute Gasteiger partial charge is 0.344 e. The molecule has 0 amide bonds. The minimum atomic E-state index is -0.587. The molecule has 0 spiro atoms. The third-order valence-electron chi connectivity index (χ3n) is 3.18. The summed E-state index contributed by atoms with van der Waals surface area (Å²) < 4.78 is 14.7. The van der Waals surface area contributed by atoms with E-state index in [0.29, 0.717) is 5.16 Å². The average Bonchev–Trinajstić information content (AvgIpc) is 3.22. The van der Waals surface area contributed by atoms with Gasteiger partial charge in [0.1, 0.15) is 11.6 Å². The van der Waals surface area contributed by atoms with Gasteiger partial charge in [-0.25, -0.2) is 14.3 Å². The van der Waals surface area contributed by atoms with Crippen LogP contribution in [0.15, 0.2) is 28.2 Å². The van der Waals surface area contributed by atoms with Crippen molar-refractivity contribution in [2.45, 2.75) is 24.0 Å². The zero-order valence-electron chi connectivity index (χ0n) is 10.9. The average molecular weight is 309 g/mol. The number of carbonyl (C=O) groups excluding carboxylic acids is 1. The van der Waals surface area contributed by atoms with Gasteiger partial charge in [-0.2, -0.15) is 0 Å². The van der Waals surface area contributed by atoms with E-state index in [4.69, 9.17) is 0 Å². The van der Waals surface area contributed by atoms with Gasteiger partial charge in [-0.05, 0) is 31.0 Å². The number of Topliss-reactive ketones (excluding diaryl/α,β-unsaturated/α-hetero) is 1. The number of aromatic nitrogens is 3. The summed E-state index contributed by atoms with van der Waals surface area (Å²) >= 11 is 1.09. The predicted octanol–water partition coefficient (Wildman–Crippen LogP) is 1.73. The van der Waals surface area contributed by atoms with Gasteiger partial charge in [-0.1, -0.05) is 11.8 Å². The third-order valence-corrected chi connectivity index (χ3v) is 4.13. The first-order chi connectivity index (χ1) is 10.1. The van der Waals surface area contributed by atoms with Crippen molar-refractivity contribution in [3.8, 4) is 5.75 Å². The Morgan fingerprint density at radius 1 is 1.52 bits per heavy atom. The topological polar surface area (TPSA) is 88.0 Å². The van der Waals surface area contributed by atoms with Gasteiger partial charge < -0.3 is 5.11 Å². The van der Waals surface area contributed by atoms with E-state index >= 15 is 0 Å². The number of thioether (sulfide) groups is 1. The van der Waals surface area contributed by atoms with Gasteiger partial charge >= 0.3 is 5.69 Å². The molecule has 1 heterocycles. The van der Waals surface area contributed by atoms with Crippen molar-refractivity contribution in [3.63, 3.8) is 0 Å². The van der Waals surface area contributed by atoms with E-state index in [-0.39, 0.29) is 28.8 Å². The first kappa shape index (κ1) is 13.9. The maximum atomic E-state index is 13.1. The molecule has 1 aromatic carbocycles. The molecular weight excluding hydrogens is 297 g/mol. The number of halogens is 1. The Balaban J connectivity index is 1.74. The highest BCUT2D eigenvalue weighted by Gasteiger charge is 2.28. The predicted molar refractivity (Wildman–Crippen MR) is 74.2 cm³/mol. The Kier molecular flexibility index (Phi) is 3.54. The minimum Gasteiger partial charge on any atom is -0.507 e. The van der Waals surface area contributed by atoms with Gasteiger partial charge in [0.15, 0.2) is 10.9 Å². The normalized spacial score (nSPS) is 14.3. The van der Waals surface area contributed by atoms with Crippen molar-refractivity contribution < 1.29 is 14.3 Å². The Bertz CT molecular complexity index is 751. The summed E-state index contributed by atoms with van der Waals surface area (Å²) in [4.78, 5) is 23.6. The summed E-state index contributed by atoms with van der Waals surface area (Å²) in [7, 11) is 0. The summed E-state index contributed by atoms with van der Waals surface area (Å²) in [6, 6.07) is 3.37. The number of ketones is 1. The van der Waals surface area contributed by atoms with Crippen molar-refractivity contribution >= 4 is 17.5 Å². The van der Waals surface area contributed by atoms with Crippen molar-refractivity contribution in [1.82, 2.24) is 14.8 Å². The second-order valence-electron chi connectivity index (χ2n) is 4.79. The maximum Gasteiger partial charge on any atom is 0.344 e. The summed E-state index contributed by atoms with van der Waals surface area (Å²) in [6.45, 7) is 0. The largest absolute Gasteiger partial charge is 0.507 e. The van der Waals surface area contributed by atoms with E-state index in [0.717, 1.165) is 42.8 Å². The number of nitrogens with one attached hydrogen (secondary N) is 1. The molecule has 1 fully saturated rings. The molecule has 3 rings (SSSR count). The van der Waals surface area contributed by atoms with Gasteiger partial charge in [-0.15, -0.1) is 5.10 Å². The lowest BCUT2D eigenvalue weighted by molar-refractivity contribution is 0.101. The molecule has 0 unspecified atom stereocenters. The zero-order chi connectivity index (χ0) is 15.0. The molecule has 2 aromatic rings. The molecule has 110 valence electrons. The first-order valence-electron chi connectivity index (χ1n) is 6.37. The molecule has 1 saturated carbocycles. The lowest BCUT2D eigenvalue weighted by Crippen LogP contribution is -2.16. The molecule has 0 saturated heterocycles. The number of carbonyl (C=O) groups is 1. The number of rotatable bonds is 5. The van der Waals surface area contributed by atoms with Crippen LogP contribution in [0.25, 0.3) is 0 Å². The van der Waals surface area contributed by atoms with Crippen LogP contribution in [0.1, 0.15) is 29.2 Å². The number of phenols is 1. The Morgan fingerprint density at radius 2 is 2.29 bits per heavy atom. The van der Waals surface area contributed by atoms with Crippen LogP contribution in [0.3, 0.4) is 0 Å². The van der Waals surface area contributed by atoms with Crippen LogP contribution >= 0.6 is 11.8 Å². The molecular formula is C13H12FN3O3S. The highest BCUT2D eigenvalue weighted by molar-refractivity contribution is 7.99. The van der Waals surface area contributed by atoms with E-state index < -0.39 is 11.6 Å². The van der Waals surface area contributed by atoms with Crippen molar-refractivity contribution in [2.75, 3.05) is 5.75 Å². The maximum absolute atomic E-state index is 13.1. The number of aromatic amines is 1. The standard InChI is InChI=1S/C13H12FN3O3S/c14-7-1-4-10(18)9(5-7)11(19)6-21-13-16-15-12(20)17(13)8-2-3-8/h1,4-5,8,18H,2-3,6H2,(H,15,20). The number of nitrogens with zero attached hydrogens (tertiary/aromatic N) is 2. The third kappa shape index (κ3) is 2.85. The molecule has 21 heavy (non-hydrogen) atoms. The first-order valence-corrected chi connectivity index (χ1v) is 7.36. The fourth-order valence-electron chi connectivity index (χ4n) is 1.99. The lowest BCUT2D eigenvalue weighted by atomic mass is 10.1. The van der Waals surface area contributed by atoms with Gasteiger partial charge in [0.2, 0.25) is 0 Å². The number of phenolic OH excluding ortho intramolecular Hbond substituents is 1. The molecule has 0 radical (unpaired) electrons. The van der Waals surface area contributed by atoms with Gasteiger partial charge in [0.25, 0.3) is 0 Å². The van der Waals surface area contributed by atoms with E-state index in [1.54, 1.807) is 0 Å². The molecule has 1 aliphatic rings. The van der Waals surface area contributed by atoms with Crippen molar-refractivity contribution in [3.05, 3.63) is 40.1 Å². The zero-order valence-corrected chi connectivity index (χ0v) is 11.7. The van der Waals surface area contributed by atoms with E-state index in [9.17, 15) is 19.1 Å². The highest BCUT2D eigenvalue weighted by Crippen LogP contribution is 2.36. The van der Waals surface area contributed by atoms with Crippen LogP contribution in [0.5, 0.6) is 5.75 Å². The summed E-state index contributed by atoms with van der Waals surface area (Å²) in [6.07, 6.45) is 1.84. The number of hydrogen-bond donors (Lipinski definition) is 2. The molecule has 0 bridgehead atoms. The molecule has 8 heteroatoms. The van der Waals surface area contributed by atoms with Gasteiger partial charge in [0.05, 0.1) is 11.3 Å². The minimum absolute atomic E-state index is 0.0337. The van der Waals surface area contributed by atoms with Gasteiger partial charge in [-0.3, -0.25) is 9.36 Å². The Hall–Kier alpha value is -2.09. The molecule has 1 aromatic heterocycles. The summed E-state index contributed by atoms with van der Waals surface area (Å²) in [5.41, 5.74) is -0.362. The van der Waals surface area contributed by atoms with Crippen LogP contribution < -0.4 is 5.69 Å². The van der Waals surface area contributed by atoms with Crippen molar-refractivity contribution in [1.29, 1.82) is 0 Å². The molecule has 0 aliphatic heterocycles. The van der Waals surface area contributed by atoms with Crippen LogP contribution in [-0.2, 0) is 0 Å². The highest BCUT2D eigenvalue weighted by atomic mass is 32.2. The monoisotopic (exact) mass is 309 g/mol. The number of hydrogen-bond acceptors (Lipinski definition) is 5. The van der Waals surface area contributed by atoms with E-state index in [1.165, 1.54) is 4.57 Å². The number of aromatic hydroxyl groups is 1. The Labute approximate surface area is 123 Å². The number of benzene rings is 1. The van der Waals surface area contributed by atoms with Crippen LogP contribution in [0.4, 0.5) is 4.39 Å². The fraction of sp³-hybridized carbons (Fsp3) is 0.308. The number of H-pyrrole nitrogens is 1. The van der Waals surface area contributed by atoms with Crippen LogP contribution in [0, 0.1) is 5.82 Å². The quantitative estimate of drug-likeness (QED) is 0.648. The molecule has 1 aliphatic carbocycles. The summed E-state index contributed by atoms with van der Waals surface area (Å²) in [5, 5.41) is 16.3. The second-order valence-corrected chi connectivity index (χ2v) is 5.73. The molecule has 6 nitrogen and oxygen atoms in total. The van der Waals surface area contributed by atoms with Gasteiger partial charge in [0, 0.05) is 6.04 Å². The lowest BCUT2D eigenvalue weighted by Gasteiger charge is -2.05. The van der Waals surface area contributed by atoms with Crippen LogP contribution in [0.2, 0.25) is 0 Å². The van der Waals surface area contributed by atoms with E-state index in [1.807, 2.05) is 0 Å². The molecule has 0 atom stereocenters. The second kappa shape index (κ2) is 5.36. The molecule has 2 N–H and O–H groups in total. The fourth-order valence-corrected chi connectivity index (χ4v) is 2.88. The SMILES string of the molecule is O=C(CSc1n[nH]c(=O)n1C1CC1)c1cc(F)ccc1O. The summed E-state index contributed by atoms with van der Waals surface area (Å²) in [5.74, 6) is -1.30.